The van der Waals surface area contributed by atoms with Gasteiger partial charge in [0.1, 0.15) is 0 Å². The summed E-state index contributed by atoms with van der Waals surface area (Å²) in [5.41, 5.74) is 2.58. The summed E-state index contributed by atoms with van der Waals surface area (Å²) in [6, 6.07) is 8.19. The summed E-state index contributed by atoms with van der Waals surface area (Å²) >= 11 is 6.14. The van der Waals surface area contributed by atoms with Crippen LogP contribution < -0.4 is 4.90 Å². The Labute approximate surface area is 144 Å². The van der Waals surface area contributed by atoms with Gasteiger partial charge in [0.05, 0.1) is 29.0 Å². The molecule has 1 aliphatic heterocycles. The number of halogens is 1. The maximum absolute atomic E-state index is 9.00. The molecule has 0 N–H and O–H groups in total. The fourth-order valence-corrected chi connectivity index (χ4v) is 3.50. The van der Waals surface area contributed by atoms with Crippen LogP contribution in [0.4, 0.5) is 5.82 Å². The molecule has 2 aromatic heterocycles. The number of fused-ring (bicyclic) bond motifs is 1. The van der Waals surface area contributed by atoms with E-state index in [0.717, 1.165) is 42.8 Å². The molecular weight excluding hydrogens is 324 g/mol. The number of hydrogen-bond donors (Lipinski definition) is 0. The Morgan fingerprint density at radius 2 is 1.92 bits per heavy atom. The molecule has 6 nitrogen and oxygen atoms in total. The van der Waals surface area contributed by atoms with Crippen molar-refractivity contribution < 1.29 is 0 Å². The second-order valence-corrected chi connectivity index (χ2v) is 6.21. The Morgan fingerprint density at radius 3 is 2.67 bits per heavy atom. The maximum Gasteiger partial charge on any atom is 0.171 e. The molecule has 4 rings (SSSR count). The Balaban J connectivity index is 1.54. The van der Waals surface area contributed by atoms with E-state index in [1.807, 2.05) is 24.5 Å². The van der Waals surface area contributed by atoms with Crippen molar-refractivity contribution in [2.24, 2.45) is 0 Å². The summed E-state index contributed by atoms with van der Waals surface area (Å²) in [6.07, 6.45) is 7.12. The Hall–Kier alpha value is -2.65. The second kappa shape index (κ2) is 6.10. The zero-order chi connectivity index (χ0) is 16.5. The first-order valence-electron chi connectivity index (χ1n) is 7.84. The van der Waals surface area contributed by atoms with E-state index in [2.05, 4.69) is 30.5 Å². The molecule has 24 heavy (non-hydrogen) atoms. The summed E-state index contributed by atoms with van der Waals surface area (Å²) in [7, 11) is 0. The summed E-state index contributed by atoms with van der Waals surface area (Å²) in [5.74, 6) is 0.756. The van der Waals surface area contributed by atoms with Gasteiger partial charge in [0.2, 0.25) is 0 Å². The number of hydrogen-bond acceptors (Lipinski definition) is 5. The molecule has 0 atom stereocenters. The maximum atomic E-state index is 9.00. The summed E-state index contributed by atoms with van der Waals surface area (Å²) < 4.78 is 2.21. The quantitative estimate of drug-likeness (QED) is 0.717. The molecule has 0 amide bonds. The fraction of sp³-hybridized carbons (Fsp3) is 0.294. The minimum atomic E-state index is 0.384. The number of imidazole rings is 1. The van der Waals surface area contributed by atoms with Gasteiger partial charge in [-0.25, -0.2) is 15.0 Å². The van der Waals surface area contributed by atoms with Gasteiger partial charge < -0.3 is 9.47 Å². The SMILES string of the molecule is N#Cc1ccc2c(c1)ncn2C1CCN(c2nccnc2Cl)CC1. The molecule has 1 aliphatic rings. The highest BCUT2D eigenvalue weighted by atomic mass is 35.5. The lowest BCUT2D eigenvalue weighted by Crippen LogP contribution is -2.35. The lowest BCUT2D eigenvalue weighted by atomic mass is 10.0. The number of rotatable bonds is 2. The Morgan fingerprint density at radius 1 is 1.12 bits per heavy atom. The van der Waals surface area contributed by atoms with Crippen molar-refractivity contribution in [2.75, 3.05) is 18.0 Å². The van der Waals surface area contributed by atoms with Crippen LogP contribution in [0.15, 0.2) is 36.9 Å². The van der Waals surface area contributed by atoms with Crippen LogP contribution in [0.25, 0.3) is 11.0 Å². The zero-order valence-electron chi connectivity index (χ0n) is 12.9. The van der Waals surface area contributed by atoms with Crippen LogP contribution in [0.2, 0.25) is 5.15 Å². The highest BCUT2D eigenvalue weighted by Crippen LogP contribution is 2.30. The van der Waals surface area contributed by atoms with Crippen molar-refractivity contribution in [2.45, 2.75) is 18.9 Å². The van der Waals surface area contributed by atoms with Crippen molar-refractivity contribution in [1.29, 1.82) is 5.26 Å². The molecule has 0 bridgehead atoms. The topological polar surface area (TPSA) is 70.6 Å². The number of anilines is 1. The third-order valence-electron chi connectivity index (χ3n) is 4.50. The van der Waals surface area contributed by atoms with E-state index >= 15 is 0 Å². The van der Waals surface area contributed by atoms with Crippen molar-refractivity contribution in [1.82, 2.24) is 19.5 Å². The van der Waals surface area contributed by atoms with Crippen LogP contribution >= 0.6 is 11.6 Å². The molecule has 3 aromatic rings. The van der Waals surface area contributed by atoms with Crippen LogP contribution in [0, 0.1) is 11.3 Å². The Bertz CT molecular complexity index is 920. The van der Waals surface area contributed by atoms with E-state index in [4.69, 9.17) is 16.9 Å². The van der Waals surface area contributed by atoms with Crippen molar-refractivity contribution in [3.05, 3.63) is 47.6 Å². The molecule has 7 heteroatoms. The van der Waals surface area contributed by atoms with E-state index in [0.29, 0.717) is 16.8 Å². The molecule has 0 spiro atoms. The molecule has 0 aliphatic carbocycles. The van der Waals surface area contributed by atoms with E-state index < -0.39 is 0 Å². The minimum absolute atomic E-state index is 0.384. The summed E-state index contributed by atoms with van der Waals surface area (Å²) in [4.78, 5) is 15.1. The van der Waals surface area contributed by atoms with E-state index in [-0.39, 0.29) is 0 Å². The molecule has 1 fully saturated rings. The normalized spacial score (nSPS) is 15.6. The van der Waals surface area contributed by atoms with Gasteiger partial charge in [-0.05, 0) is 31.0 Å². The number of piperidine rings is 1. The van der Waals surface area contributed by atoms with Gasteiger partial charge in [0.15, 0.2) is 11.0 Å². The van der Waals surface area contributed by atoms with Gasteiger partial charge in [-0.3, -0.25) is 0 Å². The number of nitrogens with zero attached hydrogens (tertiary/aromatic N) is 6. The minimum Gasteiger partial charge on any atom is -0.354 e. The largest absolute Gasteiger partial charge is 0.354 e. The third kappa shape index (κ3) is 2.57. The Kier molecular flexibility index (Phi) is 3.79. The second-order valence-electron chi connectivity index (χ2n) is 5.86. The molecule has 0 saturated carbocycles. The first-order chi connectivity index (χ1) is 11.8. The van der Waals surface area contributed by atoms with Gasteiger partial charge in [0.25, 0.3) is 0 Å². The van der Waals surface area contributed by atoms with Crippen LogP contribution in [-0.4, -0.2) is 32.6 Å². The molecule has 1 saturated heterocycles. The molecular formula is C17H15ClN6. The van der Waals surface area contributed by atoms with Crippen LogP contribution in [0.3, 0.4) is 0 Å². The molecule has 0 radical (unpaired) electrons. The number of benzene rings is 1. The van der Waals surface area contributed by atoms with Gasteiger partial charge >= 0.3 is 0 Å². The van der Waals surface area contributed by atoms with E-state index in [1.54, 1.807) is 12.4 Å². The molecule has 1 aromatic carbocycles. The van der Waals surface area contributed by atoms with Gasteiger partial charge in [0, 0.05) is 31.5 Å². The summed E-state index contributed by atoms with van der Waals surface area (Å²) in [6.45, 7) is 1.75. The van der Waals surface area contributed by atoms with Crippen LogP contribution in [0.1, 0.15) is 24.4 Å². The van der Waals surface area contributed by atoms with Gasteiger partial charge in [-0.2, -0.15) is 5.26 Å². The average Bonchev–Trinajstić information content (AvgIpc) is 3.05. The third-order valence-corrected chi connectivity index (χ3v) is 4.76. The predicted octanol–water partition coefficient (Wildman–Crippen LogP) is 3.19. The van der Waals surface area contributed by atoms with E-state index in [9.17, 15) is 0 Å². The molecule has 3 heterocycles. The first kappa shape index (κ1) is 14.9. The number of nitriles is 1. The first-order valence-corrected chi connectivity index (χ1v) is 8.22. The van der Waals surface area contributed by atoms with Gasteiger partial charge in [-0.15, -0.1) is 0 Å². The highest BCUT2D eigenvalue weighted by Gasteiger charge is 2.24. The lowest BCUT2D eigenvalue weighted by molar-refractivity contribution is 0.402. The lowest BCUT2D eigenvalue weighted by Gasteiger charge is -2.33. The van der Waals surface area contributed by atoms with Crippen LogP contribution in [0.5, 0.6) is 0 Å². The van der Waals surface area contributed by atoms with Crippen molar-refractivity contribution in [3.63, 3.8) is 0 Å². The summed E-state index contributed by atoms with van der Waals surface area (Å²) in [5, 5.41) is 9.45. The molecule has 0 unspecified atom stereocenters. The fourth-order valence-electron chi connectivity index (χ4n) is 3.27. The van der Waals surface area contributed by atoms with E-state index in [1.165, 1.54) is 0 Å². The average molecular weight is 339 g/mol. The predicted molar refractivity (Wildman–Crippen MR) is 92.0 cm³/mol. The highest BCUT2D eigenvalue weighted by molar-refractivity contribution is 6.31. The van der Waals surface area contributed by atoms with Gasteiger partial charge in [-0.1, -0.05) is 11.6 Å². The zero-order valence-corrected chi connectivity index (χ0v) is 13.7. The van der Waals surface area contributed by atoms with Crippen molar-refractivity contribution >= 4 is 28.5 Å². The smallest absolute Gasteiger partial charge is 0.171 e. The molecule has 120 valence electrons. The number of aromatic nitrogens is 4. The standard InChI is InChI=1S/C17H15ClN6/c18-16-17(21-6-5-20-16)23-7-3-13(4-8-23)24-11-22-14-9-12(10-19)1-2-15(14)24/h1-2,5-6,9,11,13H,3-4,7-8H2. The van der Waals surface area contributed by atoms with Crippen molar-refractivity contribution in [3.8, 4) is 6.07 Å². The van der Waals surface area contributed by atoms with Crippen LogP contribution in [-0.2, 0) is 0 Å². The monoisotopic (exact) mass is 338 g/mol.